The van der Waals surface area contributed by atoms with Gasteiger partial charge in [-0.05, 0) is 18.1 Å². The van der Waals surface area contributed by atoms with E-state index in [1.54, 1.807) is 0 Å². The first kappa shape index (κ1) is 18.0. The van der Waals surface area contributed by atoms with Crippen LogP contribution in [0.1, 0.15) is 18.1 Å². The molecule has 0 saturated carbocycles. The summed E-state index contributed by atoms with van der Waals surface area (Å²) in [6, 6.07) is 19.5. The van der Waals surface area contributed by atoms with Crippen LogP contribution < -0.4 is 0 Å². The Bertz CT molecular complexity index is 633. The zero-order chi connectivity index (χ0) is 17.6. The van der Waals surface area contributed by atoms with Crippen LogP contribution in [0.2, 0.25) is 0 Å². The molecule has 5 nitrogen and oxygen atoms in total. The van der Waals surface area contributed by atoms with Gasteiger partial charge < -0.3 is 24.4 Å². The second-order valence-electron chi connectivity index (χ2n) is 6.24. The number of ether oxygens (including phenoxy) is 3. The van der Waals surface area contributed by atoms with E-state index in [1.807, 2.05) is 67.6 Å². The van der Waals surface area contributed by atoms with Gasteiger partial charge in [0.2, 0.25) is 0 Å². The highest BCUT2D eigenvalue weighted by Gasteiger charge is 2.44. The fourth-order valence-corrected chi connectivity index (χ4v) is 2.96. The molecule has 0 spiro atoms. The van der Waals surface area contributed by atoms with E-state index in [9.17, 15) is 10.2 Å². The fourth-order valence-electron chi connectivity index (χ4n) is 2.96. The SMILES string of the molecule is CC1O[C@H](O)C(O)C(OCc2ccccc2)[C@@H]1OCc1ccccc1. The normalized spacial score (nSPS) is 29.5. The van der Waals surface area contributed by atoms with Gasteiger partial charge in [-0.15, -0.1) is 0 Å². The predicted octanol–water partition coefficient (Wildman–Crippen LogP) is 2.26. The van der Waals surface area contributed by atoms with Crippen LogP contribution >= 0.6 is 0 Å². The van der Waals surface area contributed by atoms with Crippen molar-refractivity contribution in [2.75, 3.05) is 0 Å². The molecule has 3 unspecified atom stereocenters. The van der Waals surface area contributed by atoms with Crippen molar-refractivity contribution in [2.24, 2.45) is 0 Å². The second kappa shape index (κ2) is 8.56. The third-order valence-electron chi connectivity index (χ3n) is 4.34. The molecule has 0 bridgehead atoms. The van der Waals surface area contributed by atoms with E-state index >= 15 is 0 Å². The fraction of sp³-hybridized carbons (Fsp3) is 0.400. The van der Waals surface area contributed by atoms with E-state index in [0.29, 0.717) is 13.2 Å². The first-order valence-corrected chi connectivity index (χ1v) is 8.48. The number of benzene rings is 2. The smallest absolute Gasteiger partial charge is 0.183 e. The average Bonchev–Trinajstić information content (AvgIpc) is 2.64. The van der Waals surface area contributed by atoms with Crippen LogP contribution in [0, 0.1) is 0 Å². The Balaban J connectivity index is 1.67. The highest BCUT2D eigenvalue weighted by atomic mass is 16.7. The van der Waals surface area contributed by atoms with Crippen LogP contribution in [0.5, 0.6) is 0 Å². The Hall–Kier alpha value is -1.76. The molecule has 1 aliphatic rings. The summed E-state index contributed by atoms with van der Waals surface area (Å²) in [7, 11) is 0. The third kappa shape index (κ3) is 4.66. The lowest BCUT2D eigenvalue weighted by atomic mass is 9.99. The number of aliphatic hydroxyl groups is 2. The average molecular weight is 344 g/mol. The number of hydrogen-bond acceptors (Lipinski definition) is 5. The summed E-state index contributed by atoms with van der Waals surface area (Å²) >= 11 is 0. The minimum atomic E-state index is -1.28. The number of aliphatic hydroxyl groups excluding tert-OH is 2. The van der Waals surface area contributed by atoms with Gasteiger partial charge in [-0.2, -0.15) is 0 Å². The topological polar surface area (TPSA) is 68.2 Å². The molecule has 1 fully saturated rings. The molecule has 25 heavy (non-hydrogen) atoms. The molecular formula is C20H24O5. The molecule has 0 aliphatic carbocycles. The standard InChI is InChI=1S/C20H24O5/c1-14-18(23-12-15-8-4-2-5-9-15)19(17(21)20(22)25-14)24-13-16-10-6-3-7-11-16/h2-11,14,17-22H,12-13H2,1H3/t14?,17?,18-,19?,20+/m1/s1. The van der Waals surface area contributed by atoms with Crippen molar-refractivity contribution in [2.45, 2.75) is 50.8 Å². The minimum absolute atomic E-state index is 0.327. The van der Waals surface area contributed by atoms with E-state index in [1.165, 1.54) is 0 Å². The van der Waals surface area contributed by atoms with E-state index in [-0.39, 0.29) is 0 Å². The lowest BCUT2D eigenvalue weighted by Crippen LogP contribution is -2.58. The summed E-state index contributed by atoms with van der Waals surface area (Å²) in [5.41, 5.74) is 2.02. The first-order valence-electron chi connectivity index (χ1n) is 8.48. The van der Waals surface area contributed by atoms with Crippen molar-refractivity contribution in [1.29, 1.82) is 0 Å². The predicted molar refractivity (Wildman–Crippen MR) is 92.6 cm³/mol. The molecule has 0 radical (unpaired) electrons. The molecule has 0 amide bonds. The summed E-state index contributed by atoms with van der Waals surface area (Å²) < 4.78 is 17.3. The highest BCUT2D eigenvalue weighted by Crippen LogP contribution is 2.26. The Labute approximate surface area is 147 Å². The maximum atomic E-state index is 10.3. The van der Waals surface area contributed by atoms with Gasteiger partial charge in [0.05, 0.1) is 19.3 Å². The van der Waals surface area contributed by atoms with Crippen LogP contribution in [0.3, 0.4) is 0 Å². The molecule has 2 aromatic carbocycles. The highest BCUT2D eigenvalue weighted by molar-refractivity contribution is 5.14. The van der Waals surface area contributed by atoms with Gasteiger partial charge >= 0.3 is 0 Å². The molecule has 0 aromatic heterocycles. The molecule has 1 aliphatic heterocycles. The molecular weight excluding hydrogens is 320 g/mol. The molecule has 2 aromatic rings. The molecule has 1 saturated heterocycles. The van der Waals surface area contributed by atoms with Crippen molar-refractivity contribution < 1.29 is 24.4 Å². The van der Waals surface area contributed by atoms with Crippen LogP contribution in [0.15, 0.2) is 60.7 Å². The second-order valence-corrected chi connectivity index (χ2v) is 6.24. The van der Waals surface area contributed by atoms with Gasteiger partial charge in [0.25, 0.3) is 0 Å². The molecule has 3 rings (SSSR count). The summed E-state index contributed by atoms with van der Waals surface area (Å²) in [5, 5.41) is 20.2. The van der Waals surface area contributed by atoms with Crippen molar-refractivity contribution in [3.8, 4) is 0 Å². The van der Waals surface area contributed by atoms with Crippen LogP contribution in [-0.2, 0) is 27.4 Å². The maximum Gasteiger partial charge on any atom is 0.183 e. The Morgan fingerprint density at radius 2 is 1.28 bits per heavy atom. The Kier molecular flexibility index (Phi) is 6.18. The summed E-state index contributed by atoms with van der Waals surface area (Å²) in [4.78, 5) is 0. The lowest BCUT2D eigenvalue weighted by Gasteiger charge is -2.41. The van der Waals surface area contributed by atoms with E-state index in [4.69, 9.17) is 14.2 Å². The monoisotopic (exact) mass is 344 g/mol. The van der Waals surface area contributed by atoms with Gasteiger partial charge in [-0.1, -0.05) is 60.7 Å². The van der Waals surface area contributed by atoms with Crippen molar-refractivity contribution in [1.82, 2.24) is 0 Å². The van der Waals surface area contributed by atoms with Crippen molar-refractivity contribution in [3.05, 3.63) is 71.8 Å². The Morgan fingerprint density at radius 1 is 0.800 bits per heavy atom. The van der Waals surface area contributed by atoms with Gasteiger partial charge in [-0.25, -0.2) is 0 Å². The van der Waals surface area contributed by atoms with Crippen LogP contribution in [-0.4, -0.2) is 40.9 Å². The molecule has 5 atom stereocenters. The third-order valence-corrected chi connectivity index (χ3v) is 4.34. The summed E-state index contributed by atoms with van der Waals surface area (Å²) in [5.74, 6) is 0. The van der Waals surface area contributed by atoms with E-state index in [2.05, 4.69) is 0 Å². The molecule has 1 heterocycles. The number of rotatable bonds is 6. The van der Waals surface area contributed by atoms with Gasteiger partial charge in [0.15, 0.2) is 6.29 Å². The lowest BCUT2D eigenvalue weighted by molar-refractivity contribution is -0.297. The quantitative estimate of drug-likeness (QED) is 0.841. The van der Waals surface area contributed by atoms with E-state index in [0.717, 1.165) is 11.1 Å². The van der Waals surface area contributed by atoms with E-state index < -0.39 is 30.7 Å². The first-order chi connectivity index (χ1) is 12.1. The molecule has 134 valence electrons. The number of hydrogen-bond donors (Lipinski definition) is 2. The zero-order valence-corrected chi connectivity index (χ0v) is 14.2. The van der Waals surface area contributed by atoms with Gasteiger partial charge in [0, 0.05) is 0 Å². The van der Waals surface area contributed by atoms with Crippen molar-refractivity contribution in [3.63, 3.8) is 0 Å². The van der Waals surface area contributed by atoms with Crippen LogP contribution in [0.4, 0.5) is 0 Å². The summed E-state index contributed by atoms with van der Waals surface area (Å²) in [6.07, 6.45) is -4.01. The minimum Gasteiger partial charge on any atom is -0.385 e. The van der Waals surface area contributed by atoms with Crippen LogP contribution in [0.25, 0.3) is 0 Å². The van der Waals surface area contributed by atoms with Gasteiger partial charge in [-0.3, -0.25) is 0 Å². The largest absolute Gasteiger partial charge is 0.385 e. The summed E-state index contributed by atoms with van der Waals surface area (Å²) in [6.45, 7) is 2.52. The maximum absolute atomic E-state index is 10.3. The molecule has 5 heteroatoms. The Morgan fingerprint density at radius 3 is 1.80 bits per heavy atom. The van der Waals surface area contributed by atoms with Crippen molar-refractivity contribution >= 4 is 0 Å². The van der Waals surface area contributed by atoms with Gasteiger partial charge in [0.1, 0.15) is 18.3 Å². The zero-order valence-electron chi connectivity index (χ0n) is 14.2. The molecule has 2 N–H and O–H groups in total.